The third-order valence-corrected chi connectivity index (χ3v) is 24.7. The molecule has 0 aliphatic heterocycles. The van der Waals surface area contributed by atoms with Crippen molar-refractivity contribution in [1.82, 2.24) is 0 Å². The van der Waals surface area contributed by atoms with E-state index in [-0.39, 0.29) is 0 Å². The maximum absolute atomic E-state index is 2.59. The first-order valence-electron chi connectivity index (χ1n) is 10.2. The fraction of sp³-hybridized carbons (Fsp3) is 0.727. The van der Waals surface area contributed by atoms with E-state index in [4.69, 9.17) is 0 Å². The van der Waals surface area contributed by atoms with Gasteiger partial charge in [-0.15, -0.1) is 0 Å². The number of hydrogen-bond donors (Lipinski definition) is 0. The van der Waals surface area contributed by atoms with E-state index in [1.54, 1.807) is 18.9 Å². The van der Waals surface area contributed by atoms with Gasteiger partial charge in [-0.25, -0.2) is 0 Å². The van der Waals surface area contributed by atoms with Gasteiger partial charge in [-0.05, 0) is 0 Å². The van der Waals surface area contributed by atoms with Gasteiger partial charge >= 0.3 is 150 Å². The second-order valence-corrected chi connectivity index (χ2v) is 22.3. The van der Waals surface area contributed by atoms with Crippen LogP contribution in [0.1, 0.15) is 78.2 Å². The third-order valence-electron chi connectivity index (χ3n) is 6.49. The van der Waals surface area contributed by atoms with Crippen molar-refractivity contribution in [2.24, 2.45) is 0 Å². The van der Waals surface area contributed by atoms with Crippen LogP contribution in [0.3, 0.4) is 0 Å². The summed E-state index contributed by atoms with van der Waals surface area (Å²) in [4.78, 5) is 0. The van der Waals surface area contributed by atoms with Crippen LogP contribution >= 0.6 is 0 Å². The minimum absolute atomic E-state index is 0.534. The quantitative estimate of drug-likeness (QED) is 0.323. The van der Waals surface area contributed by atoms with Gasteiger partial charge < -0.3 is 0 Å². The molecule has 1 aliphatic carbocycles. The molecular formula is C22H38Sn. The standard InChI is InChI=1S/C10H11.3C4H9.Sn/c1-10(7-8-10)9-5-3-2-4-6-9;3*1-3-4-2;/h2-7H,8H2,1H3;3*1,3-4H2,2H3;. The molecule has 0 bridgehead atoms. The molecule has 1 aliphatic rings. The Balaban J connectivity index is 2.21. The number of hydrogen-bond acceptors (Lipinski definition) is 0. The predicted molar refractivity (Wildman–Crippen MR) is 107 cm³/mol. The van der Waals surface area contributed by atoms with Crippen molar-refractivity contribution < 1.29 is 0 Å². The summed E-state index contributed by atoms with van der Waals surface area (Å²) in [5.74, 6) is 0. The Morgan fingerprint density at radius 2 is 1.35 bits per heavy atom. The first-order chi connectivity index (χ1) is 11.1. The van der Waals surface area contributed by atoms with Gasteiger partial charge in [0.05, 0.1) is 0 Å². The average molecular weight is 421 g/mol. The topological polar surface area (TPSA) is 0 Å². The SMILES string of the molecule is CCC[CH2][Sn]([CH2]CCC)([CH2]CCC)[CH]1CC1(C)c1ccccc1. The Hall–Kier alpha value is 0.0187. The van der Waals surface area contributed by atoms with Gasteiger partial charge in [-0.2, -0.15) is 0 Å². The van der Waals surface area contributed by atoms with Crippen LogP contribution in [0.4, 0.5) is 0 Å². The number of rotatable bonds is 11. The van der Waals surface area contributed by atoms with E-state index in [2.05, 4.69) is 58.0 Å². The van der Waals surface area contributed by atoms with Gasteiger partial charge in [-0.1, -0.05) is 0 Å². The molecule has 2 atom stereocenters. The normalized spacial score (nSPS) is 23.9. The molecule has 23 heavy (non-hydrogen) atoms. The number of unbranched alkanes of at least 4 members (excludes halogenated alkanes) is 3. The molecule has 130 valence electrons. The summed E-state index contributed by atoms with van der Waals surface area (Å²) in [5.41, 5.74) is 2.17. The molecule has 0 amide bonds. The molecule has 0 radical (unpaired) electrons. The Labute approximate surface area is 149 Å². The van der Waals surface area contributed by atoms with Gasteiger partial charge in [0.25, 0.3) is 0 Å². The van der Waals surface area contributed by atoms with Crippen molar-refractivity contribution in [3.63, 3.8) is 0 Å². The van der Waals surface area contributed by atoms with Crippen LogP contribution < -0.4 is 0 Å². The molecule has 0 N–H and O–H groups in total. The first-order valence-corrected chi connectivity index (χ1v) is 17.9. The van der Waals surface area contributed by atoms with E-state index in [9.17, 15) is 0 Å². The third kappa shape index (κ3) is 4.55. The summed E-state index contributed by atoms with van der Waals surface area (Å²) >= 11 is -2.04. The minimum atomic E-state index is -2.04. The Kier molecular flexibility index (Phi) is 7.50. The summed E-state index contributed by atoms with van der Waals surface area (Å²) in [5, 5.41) is 0. The molecule has 1 saturated carbocycles. The Morgan fingerprint density at radius 1 is 0.870 bits per heavy atom. The second kappa shape index (κ2) is 8.92. The first kappa shape index (κ1) is 19.3. The molecule has 2 unspecified atom stereocenters. The zero-order chi connectivity index (χ0) is 16.8. The van der Waals surface area contributed by atoms with Crippen molar-refractivity contribution in [3.8, 4) is 0 Å². The van der Waals surface area contributed by atoms with Crippen LogP contribution in [-0.2, 0) is 5.41 Å². The van der Waals surface area contributed by atoms with Crippen molar-refractivity contribution >= 4 is 18.4 Å². The van der Waals surface area contributed by atoms with E-state index < -0.39 is 18.4 Å². The molecule has 1 aromatic rings. The fourth-order valence-corrected chi connectivity index (χ4v) is 25.8. The molecule has 0 saturated heterocycles. The summed E-state index contributed by atoms with van der Waals surface area (Å²) in [6.45, 7) is 9.75. The van der Waals surface area contributed by atoms with Crippen LogP contribution in [0.25, 0.3) is 0 Å². The van der Waals surface area contributed by atoms with E-state index in [1.165, 1.54) is 44.9 Å². The van der Waals surface area contributed by atoms with Gasteiger partial charge in [0.2, 0.25) is 0 Å². The summed E-state index contributed by atoms with van der Waals surface area (Å²) in [6.07, 6.45) is 10.2. The van der Waals surface area contributed by atoms with Crippen LogP contribution in [-0.4, -0.2) is 18.4 Å². The van der Waals surface area contributed by atoms with E-state index in [0.29, 0.717) is 5.41 Å². The van der Waals surface area contributed by atoms with Gasteiger partial charge in [-0.3, -0.25) is 0 Å². The average Bonchev–Trinajstić information content (AvgIpc) is 3.29. The maximum atomic E-state index is 2.59. The van der Waals surface area contributed by atoms with Crippen molar-refractivity contribution in [2.75, 3.05) is 0 Å². The molecular weight excluding hydrogens is 383 g/mol. The second-order valence-electron chi connectivity index (χ2n) is 8.21. The molecule has 1 fully saturated rings. The molecule has 2 rings (SSSR count). The monoisotopic (exact) mass is 422 g/mol. The molecule has 1 aromatic carbocycles. The Morgan fingerprint density at radius 3 is 1.78 bits per heavy atom. The molecule has 1 heteroatoms. The van der Waals surface area contributed by atoms with Crippen molar-refractivity contribution in [2.45, 2.75) is 95.3 Å². The summed E-state index contributed by atoms with van der Waals surface area (Å²) in [7, 11) is 0. The van der Waals surface area contributed by atoms with Crippen LogP contribution in [0.5, 0.6) is 0 Å². The van der Waals surface area contributed by atoms with E-state index >= 15 is 0 Å². The predicted octanol–water partition coefficient (Wildman–Crippen LogP) is 7.57. The fourth-order valence-electron chi connectivity index (χ4n) is 4.88. The van der Waals surface area contributed by atoms with E-state index in [0.717, 1.165) is 3.93 Å². The van der Waals surface area contributed by atoms with Crippen LogP contribution in [0.15, 0.2) is 30.3 Å². The van der Waals surface area contributed by atoms with Gasteiger partial charge in [0.15, 0.2) is 0 Å². The van der Waals surface area contributed by atoms with Gasteiger partial charge in [0.1, 0.15) is 0 Å². The molecule has 0 aromatic heterocycles. The van der Waals surface area contributed by atoms with Crippen LogP contribution in [0.2, 0.25) is 17.2 Å². The van der Waals surface area contributed by atoms with E-state index in [1.807, 2.05) is 0 Å². The zero-order valence-corrected chi connectivity index (χ0v) is 18.9. The summed E-state index contributed by atoms with van der Waals surface area (Å²) in [6, 6.07) is 11.5. The molecule has 0 spiro atoms. The number of benzene rings is 1. The summed E-state index contributed by atoms with van der Waals surface area (Å²) < 4.78 is 6.11. The van der Waals surface area contributed by atoms with Crippen molar-refractivity contribution in [1.29, 1.82) is 0 Å². The van der Waals surface area contributed by atoms with Gasteiger partial charge in [0, 0.05) is 0 Å². The Bertz CT molecular complexity index is 431. The molecule has 0 nitrogen and oxygen atoms in total. The molecule has 0 heterocycles. The zero-order valence-electron chi connectivity index (χ0n) is 16.0. The van der Waals surface area contributed by atoms with Crippen LogP contribution in [0, 0.1) is 0 Å². The van der Waals surface area contributed by atoms with Crippen molar-refractivity contribution in [3.05, 3.63) is 35.9 Å².